The number of nitrogens with one attached hydrogen (secondary N) is 1. The first-order chi connectivity index (χ1) is 8.55. The van der Waals surface area contributed by atoms with Crippen LogP contribution in [0.25, 0.3) is 10.6 Å². The van der Waals surface area contributed by atoms with Crippen LogP contribution in [0.5, 0.6) is 0 Å². The van der Waals surface area contributed by atoms with Crippen molar-refractivity contribution in [2.45, 2.75) is 19.3 Å². The van der Waals surface area contributed by atoms with Crippen LogP contribution in [0, 0.1) is 0 Å². The molecular formula is C13H15N3OS. The molecule has 5 heteroatoms. The van der Waals surface area contributed by atoms with Crippen molar-refractivity contribution in [3.8, 4) is 10.6 Å². The fourth-order valence-corrected chi connectivity index (χ4v) is 2.56. The molecule has 4 nitrogen and oxygen atoms in total. The molecule has 3 N–H and O–H groups in total. The van der Waals surface area contributed by atoms with E-state index >= 15 is 0 Å². The first kappa shape index (κ1) is 12.7. The summed E-state index contributed by atoms with van der Waals surface area (Å²) in [6, 6.07) is 9.89. The van der Waals surface area contributed by atoms with Gasteiger partial charge in [-0.15, -0.1) is 11.3 Å². The molecule has 0 saturated carbocycles. The van der Waals surface area contributed by atoms with Gasteiger partial charge in [-0.25, -0.2) is 10.8 Å². The number of hydrogen-bond acceptors (Lipinski definition) is 4. The van der Waals surface area contributed by atoms with Gasteiger partial charge in [-0.05, 0) is 13.8 Å². The van der Waals surface area contributed by atoms with Crippen molar-refractivity contribution in [3.05, 3.63) is 41.4 Å². The zero-order valence-electron chi connectivity index (χ0n) is 10.3. The molecule has 1 heterocycles. The van der Waals surface area contributed by atoms with Gasteiger partial charge in [0, 0.05) is 10.9 Å². The van der Waals surface area contributed by atoms with Gasteiger partial charge < -0.3 is 0 Å². The molecule has 18 heavy (non-hydrogen) atoms. The van der Waals surface area contributed by atoms with Gasteiger partial charge in [0.15, 0.2) is 0 Å². The van der Waals surface area contributed by atoms with E-state index < -0.39 is 5.41 Å². The minimum absolute atomic E-state index is 0.243. The highest BCUT2D eigenvalue weighted by Gasteiger charge is 2.31. The highest BCUT2D eigenvalue weighted by molar-refractivity contribution is 7.13. The van der Waals surface area contributed by atoms with Crippen molar-refractivity contribution in [3.63, 3.8) is 0 Å². The number of carbonyl (C=O) groups excluding carboxylic acids is 1. The number of aromatic nitrogens is 1. The Balaban J connectivity index is 2.34. The van der Waals surface area contributed by atoms with Crippen LogP contribution in [0.2, 0.25) is 0 Å². The first-order valence-electron chi connectivity index (χ1n) is 5.58. The van der Waals surface area contributed by atoms with Gasteiger partial charge in [0.1, 0.15) is 5.01 Å². The Kier molecular flexibility index (Phi) is 3.45. The van der Waals surface area contributed by atoms with Crippen LogP contribution in [0.15, 0.2) is 35.7 Å². The Morgan fingerprint density at radius 2 is 2.00 bits per heavy atom. The lowest BCUT2D eigenvalue weighted by Gasteiger charge is -2.19. The Labute approximate surface area is 110 Å². The van der Waals surface area contributed by atoms with E-state index in [2.05, 4.69) is 10.4 Å². The van der Waals surface area contributed by atoms with E-state index in [0.717, 1.165) is 16.3 Å². The van der Waals surface area contributed by atoms with Crippen LogP contribution in [-0.2, 0) is 10.2 Å². The quantitative estimate of drug-likeness (QED) is 0.505. The van der Waals surface area contributed by atoms with E-state index in [1.807, 2.05) is 35.7 Å². The summed E-state index contributed by atoms with van der Waals surface area (Å²) in [5.41, 5.74) is 3.24. The number of benzene rings is 1. The summed E-state index contributed by atoms with van der Waals surface area (Å²) in [4.78, 5) is 16.2. The van der Waals surface area contributed by atoms with Crippen molar-refractivity contribution in [2.75, 3.05) is 0 Å². The van der Waals surface area contributed by atoms with E-state index in [-0.39, 0.29) is 5.91 Å². The summed E-state index contributed by atoms with van der Waals surface area (Å²) in [7, 11) is 0. The third-order valence-electron chi connectivity index (χ3n) is 2.86. The van der Waals surface area contributed by atoms with Gasteiger partial charge >= 0.3 is 0 Å². The van der Waals surface area contributed by atoms with Crippen molar-refractivity contribution >= 4 is 17.2 Å². The predicted octanol–water partition coefficient (Wildman–Crippen LogP) is 2.08. The highest BCUT2D eigenvalue weighted by Crippen LogP contribution is 2.29. The van der Waals surface area contributed by atoms with Crippen LogP contribution in [0.1, 0.15) is 19.5 Å². The van der Waals surface area contributed by atoms with E-state index in [4.69, 9.17) is 5.84 Å². The first-order valence-corrected chi connectivity index (χ1v) is 6.46. The van der Waals surface area contributed by atoms with Crippen molar-refractivity contribution in [2.24, 2.45) is 5.84 Å². The molecule has 0 bridgehead atoms. The van der Waals surface area contributed by atoms with Gasteiger partial charge in [0.2, 0.25) is 5.91 Å². The predicted molar refractivity (Wildman–Crippen MR) is 72.9 cm³/mol. The average molecular weight is 261 g/mol. The van der Waals surface area contributed by atoms with Crippen LogP contribution < -0.4 is 11.3 Å². The summed E-state index contributed by atoms with van der Waals surface area (Å²) in [6.07, 6.45) is 0. The van der Waals surface area contributed by atoms with Crippen LogP contribution in [0.4, 0.5) is 0 Å². The maximum Gasteiger partial charge on any atom is 0.245 e. The SMILES string of the molecule is CC(C)(C(=O)NN)c1csc(-c2ccccc2)n1. The van der Waals surface area contributed by atoms with Gasteiger partial charge in [0.05, 0.1) is 11.1 Å². The second-order valence-electron chi connectivity index (χ2n) is 4.50. The zero-order chi connectivity index (χ0) is 13.2. The van der Waals surface area contributed by atoms with Gasteiger partial charge in [0.25, 0.3) is 0 Å². The Bertz CT molecular complexity index is 548. The molecule has 1 aromatic carbocycles. The lowest BCUT2D eigenvalue weighted by molar-refractivity contribution is -0.125. The van der Waals surface area contributed by atoms with E-state index in [1.54, 1.807) is 13.8 Å². The van der Waals surface area contributed by atoms with Gasteiger partial charge in [-0.1, -0.05) is 30.3 Å². The second-order valence-corrected chi connectivity index (χ2v) is 5.36. The lowest BCUT2D eigenvalue weighted by atomic mass is 9.89. The molecule has 0 spiro atoms. The molecular weight excluding hydrogens is 246 g/mol. The molecule has 0 atom stereocenters. The summed E-state index contributed by atoms with van der Waals surface area (Å²) in [6.45, 7) is 3.61. The van der Waals surface area contributed by atoms with Gasteiger partial charge in [-0.2, -0.15) is 0 Å². The smallest absolute Gasteiger partial charge is 0.245 e. The number of carbonyl (C=O) groups is 1. The third-order valence-corrected chi connectivity index (χ3v) is 3.76. The fourth-order valence-electron chi connectivity index (χ4n) is 1.57. The van der Waals surface area contributed by atoms with Crippen LogP contribution >= 0.6 is 11.3 Å². The lowest BCUT2D eigenvalue weighted by Crippen LogP contribution is -2.43. The Hall–Kier alpha value is -1.72. The zero-order valence-corrected chi connectivity index (χ0v) is 11.1. The second kappa shape index (κ2) is 4.88. The average Bonchev–Trinajstić information content (AvgIpc) is 2.89. The molecule has 0 aliphatic rings. The minimum atomic E-state index is -0.724. The van der Waals surface area contributed by atoms with Crippen molar-refractivity contribution in [1.29, 1.82) is 0 Å². The van der Waals surface area contributed by atoms with Crippen molar-refractivity contribution in [1.82, 2.24) is 10.4 Å². The normalized spacial score (nSPS) is 11.3. The Morgan fingerprint density at radius 1 is 1.33 bits per heavy atom. The molecule has 2 rings (SSSR count). The molecule has 0 saturated heterocycles. The number of thiazole rings is 1. The molecule has 0 aliphatic heterocycles. The number of nitrogens with two attached hydrogens (primary N) is 1. The topological polar surface area (TPSA) is 68.0 Å². The standard InChI is InChI=1S/C13H15N3OS/c1-13(2,12(17)16-14)10-8-18-11(15-10)9-6-4-3-5-7-9/h3-8H,14H2,1-2H3,(H,16,17). The van der Waals surface area contributed by atoms with E-state index in [1.165, 1.54) is 11.3 Å². The number of amides is 1. The van der Waals surface area contributed by atoms with E-state index in [0.29, 0.717) is 0 Å². The molecule has 0 aliphatic carbocycles. The maximum absolute atomic E-state index is 11.7. The monoisotopic (exact) mass is 261 g/mol. The third kappa shape index (κ3) is 2.27. The van der Waals surface area contributed by atoms with Gasteiger partial charge in [-0.3, -0.25) is 10.2 Å². The molecule has 2 aromatic rings. The number of rotatable bonds is 3. The van der Waals surface area contributed by atoms with E-state index in [9.17, 15) is 4.79 Å². The molecule has 0 radical (unpaired) electrons. The summed E-state index contributed by atoms with van der Waals surface area (Å²) >= 11 is 1.53. The molecule has 1 aromatic heterocycles. The maximum atomic E-state index is 11.7. The molecule has 0 fully saturated rings. The number of hydrogen-bond donors (Lipinski definition) is 2. The fraction of sp³-hybridized carbons (Fsp3) is 0.231. The van der Waals surface area contributed by atoms with Crippen LogP contribution in [0.3, 0.4) is 0 Å². The summed E-state index contributed by atoms with van der Waals surface area (Å²) < 4.78 is 0. The summed E-state index contributed by atoms with van der Waals surface area (Å²) in [5, 5.41) is 2.81. The number of hydrazine groups is 1. The highest BCUT2D eigenvalue weighted by atomic mass is 32.1. The number of nitrogens with zero attached hydrogens (tertiary/aromatic N) is 1. The summed E-state index contributed by atoms with van der Waals surface area (Å²) in [5.74, 6) is 4.95. The Morgan fingerprint density at radius 3 is 2.61 bits per heavy atom. The molecule has 94 valence electrons. The molecule has 1 amide bonds. The molecule has 0 unspecified atom stereocenters. The van der Waals surface area contributed by atoms with Crippen molar-refractivity contribution < 1.29 is 4.79 Å². The largest absolute Gasteiger partial charge is 0.293 e. The van der Waals surface area contributed by atoms with Crippen LogP contribution in [-0.4, -0.2) is 10.9 Å². The minimum Gasteiger partial charge on any atom is -0.293 e.